The summed E-state index contributed by atoms with van der Waals surface area (Å²) in [6.45, 7) is 4.82. The van der Waals surface area contributed by atoms with E-state index >= 15 is 0 Å². The minimum Gasteiger partial charge on any atom is -0.464 e. The normalized spacial score (nSPS) is 21.1. The number of rotatable bonds is 4. The van der Waals surface area contributed by atoms with Crippen molar-refractivity contribution in [2.24, 2.45) is 5.92 Å². The molecule has 1 aliphatic rings. The van der Waals surface area contributed by atoms with Crippen LogP contribution >= 0.6 is 0 Å². The molecule has 1 aliphatic heterocycles. The topological polar surface area (TPSA) is 55.8 Å². The second kappa shape index (κ2) is 7.11. The van der Waals surface area contributed by atoms with Crippen molar-refractivity contribution in [3.05, 3.63) is 35.9 Å². The van der Waals surface area contributed by atoms with Crippen LogP contribution in [0.2, 0.25) is 0 Å². The Hall–Kier alpha value is -2.04. The molecular weight excluding hydrogens is 270 g/mol. The van der Waals surface area contributed by atoms with Gasteiger partial charge in [0.25, 0.3) is 0 Å². The summed E-state index contributed by atoms with van der Waals surface area (Å²) in [5.74, 6) is -0.0813. The van der Waals surface area contributed by atoms with Crippen molar-refractivity contribution in [1.82, 2.24) is 4.90 Å². The van der Waals surface area contributed by atoms with Crippen LogP contribution in [0.25, 0.3) is 0 Å². The van der Waals surface area contributed by atoms with Crippen LogP contribution in [0.5, 0.6) is 0 Å². The predicted octanol–water partition coefficient (Wildman–Crippen LogP) is 2.60. The summed E-state index contributed by atoms with van der Waals surface area (Å²) in [4.78, 5) is 25.6. The number of ether oxygens (including phenoxy) is 2. The van der Waals surface area contributed by atoms with Gasteiger partial charge in [0.05, 0.1) is 6.61 Å². The number of esters is 1. The molecule has 2 rings (SSSR count). The highest BCUT2D eigenvalue weighted by Crippen LogP contribution is 2.24. The third-order valence-corrected chi connectivity index (χ3v) is 3.51. The minimum atomic E-state index is -0.525. The molecule has 2 atom stereocenters. The van der Waals surface area contributed by atoms with Crippen molar-refractivity contribution in [3.63, 3.8) is 0 Å². The van der Waals surface area contributed by atoms with Crippen molar-refractivity contribution < 1.29 is 19.1 Å². The third-order valence-electron chi connectivity index (χ3n) is 3.51. The quantitative estimate of drug-likeness (QED) is 0.800. The predicted molar refractivity (Wildman–Crippen MR) is 77.5 cm³/mol. The van der Waals surface area contributed by atoms with E-state index in [1.165, 1.54) is 4.90 Å². The van der Waals surface area contributed by atoms with Gasteiger partial charge < -0.3 is 9.47 Å². The fraction of sp³-hybridized carbons (Fsp3) is 0.500. The second-order valence-corrected chi connectivity index (χ2v) is 5.30. The zero-order valence-electron chi connectivity index (χ0n) is 12.5. The summed E-state index contributed by atoms with van der Waals surface area (Å²) >= 11 is 0. The first-order valence-electron chi connectivity index (χ1n) is 7.25. The lowest BCUT2D eigenvalue weighted by atomic mass is 10.1. The summed E-state index contributed by atoms with van der Waals surface area (Å²) in [6, 6.07) is 8.95. The molecule has 1 saturated heterocycles. The maximum absolute atomic E-state index is 12.2. The first kappa shape index (κ1) is 15.4. The molecule has 1 aromatic rings. The zero-order chi connectivity index (χ0) is 15.2. The van der Waals surface area contributed by atoms with Gasteiger partial charge in [-0.05, 0) is 24.8 Å². The lowest BCUT2D eigenvalue weighted by molar-refractivity contribution is -0.148. The average molecular weight is 291 g/mol. The van der Waals surface area contributed by atoms with Crippen molar-refractivity contribution in [3.8, 4) is 0 Å². The fourth-order valence-corrected chi connectivity index (χ4v) is 2.51. The molecule has 5 heteroatoms. The van der Waals surface area contributed by atoms with Gasteiger partial charge in [0, 0.05) is 6.54 Å². The van der Waals surface area contributed by atoms with Crippen molar-refractivity contribution >= 4 is 12.1 Å². The summed E-state index contributed by atoms with van der Waals surface area (Å²) < 4.78 is 10.3. The molecule has 1 amide bonds. The Kier molecular flexibility index (Phi) is 5.20. The summed E-state index contributed by atoms with van der Waals surface area (Å²) in [5.41, 5.74) is 0.922. The molecule has 5 nitrogen and oxygen atoms in total. The van der Waals surface area contributed by atoms with E-state index < -0.39 is 12.1 Å². The number of benzene rings is 1. The second-order valence-electron chi connectivity index (χ2n) is 5.30. The van der Waals surface area contributed by atoms with Gasteiger partial charge in [-0.25, -0.2) is 9.59 Å². The summed E-state index contributed by atoms with van der Waals surface area (Å²) in [5, 5.41) is 0. The number of nitrogens with zero attached hydrogens (tertiary/aromatic N) is 1. The van der Waals surface area contributed by atoms with E-state index in [1.54, 1.807) is 6.92 Å². The Labute approximate surface area is 124 Å². The highest BCUT2D eigenvalue weighted by atomic mass is 16.6. The fourth-order valence-electron chi connectivity index (χ4n) is 2.51. The minimum absolute atomic E-state index is 0.208. The molecule has 0 radical (unpaired) electrons. The highest BCUT2D eigenvalue weighted by Gasteiger charge is 2.39. The zero-order valence-corrected chi connectivity index (χ0v) is 12.5. The number of carbonyl (C=O) groups excluding carboxylic acids is 2. The molecule has 0 N–H and O–H groups in total. The molecule has 1 heterocycles. The molecule has 0 aliphatic carbocycles. The van der Waals surface area contributed by atoms with Crippen LogP contribution < -0.4 is 0 Å². The van der Waals surface area contributed by atoms with Crippen LogP contribution in [-0.4, -0.2) is 36.2 Å². The van der Waals surface area contributed by atoms with Gasteiger partial charge in [-0.3, -0.25) is 4.90 Å². The van der Waals surface area contributed by atoms with Crippen LogP contribution in [0.1, 0.15) is 25.8 Å². The number of carbonyl (C=O) groups is 2. The molecule has 0 bridgehead atoms. The van der Waals surface area contributed by atoms with Crippen LogP contribution in [0.15, 0.2) is 30.3 Å². The van der Waals surface area contributed by atoms with Gasteiger partial charge >= 0.3 is 12.1 Å². The SMILES string of the molecule is CCOC(=O)[C@@H]1CC(C)CN1C(=O)OCc1ccccc1. The van der Waals surface area contributed by atoms with E-state index in [4.69, 9.17) is 9.47 Å². The summed E-state index contributed by atoms with van der Waals surface area (Å²) in [7, 11) is 0. The molecule has 1 unspecified atom stereocenters. The first-order valence-corrected chi connectivity index (χ1v) is 7.25. The lowest BCUT2D eigenvalue weighted by Crippen LogP contribution is -2.41. The van der Waals surface area contributed by atoms with Crippen molar-refractivity contribution in [1.29, 1.82) is 0 Å². The first-order chi connectivity index (χ1) is 10.1. The molecule has 0 spiro atoms. The van der Waals surface area contributed by atoms with Gasteiger partial charge in [0.15, 0.2) is 0 Å². The van der Waals surface area contributed by atoms with E-state index in [9.17, 15) is 9.59 Å². The van der Waals surface area contributed by atoms with E-state index in [-0.39, 0.29) is 18.5 Å². The van der Waals surface area contributed by atoms with Crippen molar-refractivity contribution in [2.45, 2.75) is 32.9 Å². The highest BCUT2D eigenvalue weighted by molar-refractivity contribution is 5.82. The Bertz CT molecular complexity index is 488. The molecule has 0 saturated carbocycles. The lowest BCUT2D eigenvalue weighted by Gasteiger charge is -2.22. The standard InChI is InChI=1S/C16H21NO4/c1-3-20-15(18)14-9-12(2)10-17(14)16(19)21-11-13-7-5-4-6-8-13/h4-8,12,14H,3,9-11H2,1-2H3/t12?,14-/m0/s1. The third kappa shape index (κ3) is 3.97. The summed E-state index contributed by atoms with van der Waals surface area (Å²) in [6.07, 6.45) is 0.167. The van der Waals surface area contributed by atoms with Gasteiger partial charge in [0.1, 0.15) is 12.6 Å². The van der Waals surface area contributed by atoms with Crippen molar-refractivity contribution in [2.75, 3.05) is 13.2 Å². The van der Waals surface area contributed by atoms with Crippen LogP contribution in [-0.2, 0) is 20.9 Å². The maximum Gasteiger partial charge on any atom is 0.410 e. The molecule has 1 fully saturated rings. The maximum atomic E-state index is 12.2. The molecule has 21 heavy (non-hydrogen) atoms. The number of amides is 1. The van der Waals surface area contributed by atoms with Crippen LogP contribution in [0.4, 0.5) is 4.79 Å². The van der Waals surface area contributed by atoms with Gasteiger partial charge in [-0.1, -0.05) is 37.3 Å². The van der Waals surface area contributed by atoms with E-state index in [0.717, 1.165) is 5.56 Å². The van der Waals surface area contributed by atoms with E-state index in [1.807, 2.05) is 37.3 Å². The largest absolute Gasteiger partial charge is 0.464 e. The molecular formula is C16H21NO4. The molecule has 0 aromatic heterocycles. The van der Waals surface area contributed by atoms with Gasteiger partial charge in [-0.15, -0.1) is 0 Å². The van der Waals surface area contributed by atoms with E-state index in [0.29, 0.717) is 19.6 Å². The van der Waals surface area contributed by atoms with Crippen LogP contribution in [0.3, 0.4) is 0 Å². The Morgan fingerprint density at radius 3 is 2.62 bits per heavy atom. The van der Waals surface area contributed by atoms with Gasteiger partial charge in [-0.2, -0.15) is 0 Å². The van der Waals surface area contributed by atoms with Gasteiger partial charge in [0.2, 0.25) is 0 Å². The average Bonchev–Trinajstić information content (AvgIpc) is 2.88. The smallest absolute Gasteiger partial charge is 0.410 e. The van der Waals surface area contributed by atoms with E-state index in [2.05, 4.69) is 0 Å². The Balaban J connectivity index is 1.94. The Morgan fingerprint density at radius 1 is 1.24 bits per heavy atom. The Morgan fingerprint density at radius 2 is 1.95 bits per heavy atom. The number of likely N-dealkylation sites (tertiary alicyclic amines) is 1. The monoisotopic (exact) mass is 291 g/mol. The number of hydrogen-bond acceptors (Lipinski definition) is 4. The number of hydrogen-bond donors (Lipinski definition) is 0. The molecule has 1 aromatic carbocycles. The van der Waals surface area contributed by atoms with Crippen LogP contribution in [0, 0.1) is 5.92 Å². The molecule has 114 valence electrons.